The summed E-state index contributed by atoms with van der Waals surface area (Å²) in [4.78, 5) is 10.7. The molecule has 0 unspecified atom stereocenters. The third kappa shape index (κ3) is 19.8. The summed E-state index contributed by atoms with van der Waals surface area (Å²) in [5, 5.41) is 2.62. The molecule has 0 heterocycles. The zero-order valence-electron chi connectivity index (χ0n) is 11.1. The molecule has 0 aliphatic rings. The molecule has 0 atom stereocenters. The largest absolute Gasteiger partial charge is 0.359 e. The first-order valence-electron chi connectivity index (χ1n) is 6.43. The van der Waals surface area contributed by atoms with Crippen molar-refractivity contribution >= 4 is 5.91 Å². The molecule has 1 N–H and O–H groups in total. The van der Waals surface area contributed by atoms with Gasteiger partial charge in [-0.15, -0.1) is 0 Å². The van der Waals surface area contributed by atoms with Crippen LogP contribution < -0.4 is 5.32 Å². The number of carbonyl (C=O) groups excluding carboxylic acids is 1. The highest BCUT2D eigenvalue weighted by Crippen LogP contribution is 2.04. The van der Waals surface area contributed by atoms with E-state index in [1.807, 2.05) is 0 Å². The number of unbranched alkanes of at least 4 members (excludes halogenated alkanes) is 5. The van der Waals surface area contributed by atoms with Crippen molar-refractivity contribution in [2.45, 2.75) is 72.1 Å². The van der Waals surface area contributed by atoms with E-state index in [4.69, 9.17) is 0 Å². The van der Waals surface area contributed by atoms with Crippen molar-refractivity contribution in [3.8, 4) is 0 Å². The van der Waals surface area contributed by atoms with E-state index in [9.17, 15) is 4.79 Å². The molecule has 0 saturated carbocycles. The Kier molecular flexibility index (Phi) is 17.9. The number of hydrogen-bond acceptors (Lipinski definition) is 1. The molecule has 0 aliphatic carbocycles. The van der Waals surface area contributed by atoms with E-state index in [1.54, 1.807) is 7.05 Å². The first-order valence-corrected chi connectivity index (χ1v) is 6.43. The van der Waals surface area contributed by atoms with Crippen LogP contribution in [0, 0.1) is 0 Å². The molecule has 0 aromatic heterocycles. The molecule has 0 aliphatic heterocycles. The van der Waals surface area contributed by atoms with Crippen molar-refractivity contribution in [2.75, 3.05) is 7.05 Å². The minimum atomic E-state index is 0.168. The molecule has 0 bridgehead atoms. The zero-order valence-corrected chi connectivity index (χ0v) is 11.1. The van der Waals surface area contributed by atoms with E-state index in [0.717, 1.165) is 6.42 Å². The number of hydrogen-bond donors (Lipinski definition) is 1. The molecular formula is C13H29NO. The maximum absolute atomic E-state index is 10.7. The lowest BCUT2D eigenvalue weighted by Crippen LogP contribution is -2.16. The Balaban J connectivity index is 0. The van der Waals surface area contributed by atoms with Gasteiger partial charge in [0.15, 0.2) is 0 Å². The number of carbonyl (C=O) groups is 1. The topological polar surface area (TPSA) is 29.1 Å². The fraction of sp³-hybridized carbons (Fsp3) is 0.923. The molecule has 0 spiro atoms. The molecular weight excluding hydrogens is 186 g/mol. The fourth-order valence-corrected chi connectivity index (χ4v) is 1.01. The smallest absolute Gasteiger partial charge is 0.219 e. The summed E-state index contributed by atoms with van der Waals surface area (Å²) >= 11 is 0. The van der Waals surface area contributed by atoms with E-state index in [-0.39, 0.29) is 5.91 Å². The Hall–Kier alpha value is -0.530. The lowest BCUT2D eigenvalue weighted by molar-refractivity contribution is -0.120. The summed E-state index contributed by atoms with van der Waals surface area (Å²) in [6.07, 6.45) is 9.41. The van der Waals surface area contributed by atoms with Crippen LogP contribution in [0.3, 0.4) is 0 Å². The van der Waals surface area contributed by atoms with Crippen LogP contribution in [0.25, 0.3) is 0 Å². The van der Waals surface area contributed by atoms with Crippen LogP contribution in [-0.2, 0) is 4.79 Å². The molecule has 92 valence electrons. The van der Waals surface area contributed by atoms with Crippen molar-refractivity contribution in [1.82, 2.24) is 5.32 Å². The lowest BCUT2D eigenvalue weighted by Gasteiger charge is -1.98. The zero-order chi connectivity index (χ0) is 11.9. The molecule has 0 aromatic rings. The maximum atomic E-state index is 10.7. The average Bonchev–Trinajstić information content (AvgIpc) is 2.28. The van der Waals surface area contributed by atoms with Crippen molar-refractivity contribution < 1.29 is 4.79 Å². The molecule has 0 radical (unpaired) electrons. The van der Waals surface area contributed by atoms with Crippen molar-refractivity contribution in [3.05, 3.63) is 0 Å². The van der Waals surface area contributed by atoms with E-state index >= 15 is 0 Å². The highest BCUT2D eigenvalue weighted by molar-refractivity contribution is 5.75. The van der Waals surface area contributed by atoms with Crippen molar-refractivity contribution in [1.29, 1.82) is 0 Å². The summed E-state index contributed by atoms with van der Waals surface area (Å²) < 4.78 is 0. The van der Waals surface area contributed by atoms with Crippen LogP contribution >= 0.6 is 0 Å². The van der Waals surface area contributed by atoms with Crippen LogP contribution in [0.2, 0.25) is 0 Å². The van der Waals surface area contributed by atoms with Crippen molar-refractivity contribution in [3.63, 3.8) is 0 Å². The van der Waals surface area contributed by atoms with Crippen LogP contribution in [0.15, 0.2) is 0 Å². The molecule has 15 heavy (non-hydrogen) atoms. The normalized spacial score (nSPS) is 9.07. The monoisotopic (exact) mass is 215 g/mol. The Morgan fingerprint density at radius 2 is 1.40 bits per heavy atom. The Morgan fingerprint density at radius 1 is 0.867 bits per heavy atom. The predicted octanol–water partition coefficient (Wildman–Crippen LogP) is 3.90. The Morgan fingerprint density at radius 3 is 1.80 bits per heavy atom. The van der Waals surface area contributed by atoms with Crippen LogP contribution in [0.1, 0.15) is 72.1 Å². The van der Waals surface area contributed by atoms with Gasteiger partial charge >= 0.3 is 0 Å². The maximum Gasteiger partial charge on any atom is 0.219 e. The molecule has 2 nitrogen and oxygen atoms in total. The van der Waals surface area contributed by atoms with E-state index < -0.39 is 0 Å². The van der Waals surface area contributed by atoms with Gasteiger partial charge in [-0.3, -0.25) is 4.79 Å². The second kappa shape index (κ2) is 15.9. The van der Waals surface area contributed by atoms with Gasteiger partial charge in [0.2, 0.25) is 5.91 Å². The molecule has 1 amide bonds. The van der Waals surface area contributed by atoms with Crippen LogP contribution in [0.4, 0.5) is 0 Å². The number of rotatable bonds is 7. The summed E-state index contributed by atoms with van der Waals surface area (Å²) in [5.41, 5.74) is 0. The molecule has 0 aromatic carbocycles. The third-order valence-electron chi connectivity index (χ3n) is 2.29. The average molecular weight is 215 g/mol. The fourth-order valence-electron chi connectivity index (χ4n) is 1.01. The Labute approximate surface area is 95.8 Å². The molecule has 0 fully saturated rings. The van der Waals surface area contributed by atoms with E-state index in [1.165, 1.54) is 38.5 Å². The second-order valence-electron chi connectivity index (χ2n) is 3.84. The lowest BCUT2D eigenvalue weighted by atomic mass is 10.1. The molecule has 0 saturated heterocycles. The minimum absolute atomic E-state index is 0.168. The first kappa shape index (κ1) is 16.9. The van der Waals surface area contributed by atoms with Crippen molar-refractivity contribution in [2.24, 2.45) is 0 Å². The summed E-state index contributed by atoms with van der Waals surface area (Å²) in [6.45, 7) is 6.55. The van der Waals surface area contributed by atoms with Gasteiger partial charge in [-0.2, -0.15) is 0 Å². The van der Waals surface area contributed by atoms with Gasteiger partial charge in [0.1, 0.15) is 0 Å². The summed E-state index contributed by atoms with van der Waals surface area (Å²) in [7, 11) is 1.69. The highest BCUT2D eigenvalue weighted by Gasteiger charge is 1.95. The van der Waals surface area contributed by atoms with Gasteiger partial charge in [0.05, 0.1) is 0 Å². The van der Waals surface area contributed by atoms with E-state index in [0.29, 0.717) is 6.42 Å². The minimum Gasteiger partial charge on any atom is -0.359 e. The summed E-state index contributed by atoms with van der Waals surface area (Å²) in [6, 6.07) is 0. The summed E-state index contributed by atoms with van der Waals surface area (Å²) in [5.74, 6) is 0.168. The standard InChI is InChI=1S/C9H19NO.C4H10/c1-3-4-5-6-7-8-9(11)10-2;1-3-4-2/h3-8H2,1-2H3,(H,10,11);3-4H2,1-2H3. The molecule has 2 heteroatoms. The van der Waals surface area contributed by atoms with Gasteiger partial charge in [0, 0.05) is 13.5 Å². The highest BCUT2D eigenvalue weighted by atomic mass is 16.1. The SMILES string of the molecule is CCCC.CCCCCCCC(=O)NC. The van der Waals surface area contributed by atoms with Crippen LogP contribution in [-0.4, -0.2) is 13.0 Å². The molecule has 0 rings (SSSR count). The third-order valence-corrected chi connectivity index (χ3v) is 2.29. The Bertz CT molecular complexity index is 122. The number of amides is 1. The van der Waals surface area contributed by atoms with E-state index in [2.05, 4.69) is 26.1 Å². The first-order chi connectivity index (χ1) is 7.22. The van der Waals surface area contributed by atoms with Gasteiger partial charge in [-0.25, -0.2) is 0 Å². The van der Waals surface area contributed by atoms with Gasteiger partial charge in [-0.05, 0) is 6.42 Å². The van der Waals surface area contributed by atoms with Gasteiger partial charge < -0.3 is 5.32 Å². The van der Waals surface area contributed by atoms with Gasteiger partial charge in [-0.1, -0.05) is 59.3 Å². The quantitative estimate of drug-likeness (QED) is 0.641. The second-order valence-corrected chi connectivity index (χ2v) is 3.84. The van der Waals surface area contributed by atoms with Crippen LogP contribution in [0.5, 0.6) is 0 Å². The predicted molar refractivity (Wildman–Crippen MR) is 68.0 cm³/mol. The van der Waals surface area contributed by atoms with Gasteiger partial charge in [0.25, 0.3) is 0 Å². The number of nitrogens with one attached hydrogen (secondary N) is 1.